The quantitative estimate of drug-likeness (QED) is 0.607. The number of anilines is 2. The van der Waals surface area contributed by atoms with Gasteiger partial charge in [0, 0.05) is 0 Å². The lowest BCUT2D eigenvalue weighted by atomic mass is 9.90. The molecule has 1 unspecified atom stereocenters. The third kappa shape index (κ3) is 2.59. The molecule has 1 atom stereocenters. The Morgan fingerprint density at radius 1 is 0.929 bits per heavy atom. The molecule has 0 saturated heterocycles. The van der Waals surface area contributed by atoms with Crippen LogP contribution in [0.3, 0.4) is 0 Å². The van der Waals surface area contributed by atoms with E-state index in [1.54, 1.807) is 7.11 Å². The van der Waals surface area contributed by atoms with Gasteiger partial charge in [-0.15, -0.1) is 0 Å². The SMILES string of the molecule is COc1ccc(/C=C/C2c3ccccc3C(C)=C3Nc4ccccc4N32)cc1. The van der Waals surface area contributed by atoms with Gasteiger partial charge in [-0.3, -0.25) is 0 Å². The maximum absolute atomic E-state index is 5.27. The summed E-state index contributed by atoms with van der Waals surface area (Å²) in [7, 11) is 1.69. The highest BCUT2D eigenvalue weighted by Crippen LogP contribution is 2.49. The van der Waals surface area contributed by atoms with Crippen LogP contribution in [0.4, 0.5) is 11.4 Å². The molecule has 0 bridgehead atoms. The van der Waals surface area contributed by atoms with Gasteiger partial charge in [0.15, 0.2) is 0 Å². The number of ether oxygens (including phenoxy) is 1. The molecule has 2 aliphatic heterocycles. The summed E-state index contributed by atoms with van der Waals surface area (Å²) in [6.45, 7) is 2.20. The molecule has 3 heteroatoms. The second-order valence-corrected chi connectivity index (χ2v) is 7.15. The van der Waals surface area contributed by atoms with Gasteiger partial charge in [0.25, 0.3) is 0 Å². The average molecular weight is 366 g/mol. The molecule has 0 radical (unpaired) electrons. The molecule has 2 heterocycles. The van der Waals surface area contributed by atoms with Crippen molar-refractivity contribution in [1.29, 1.82) is 0 Å². The molecule has 0 aromatic heterocycles. The second-order valence-electron chi connectivity index (χ2n) is 7.15. The highest BCUT2D eigenvalue weighted by molar-refractivity contribution is 5.91. The van der Waals surface area contributed by atoms with Gasteiger partial charge in [-0.25, -0.2) is 0 Å². The molecule has 0 saturated carbocycles. The first-order chi connectivity index (χ1) is 13.8. The van der Waals surface area contributed by atoms with E-state index in [2.05, 4.69) is 90.0 Å². The Kier molecular flexibility index (Phi) is 3.94. The van der Waals surface area contributed by atoms with Crippen LogP contribution < -0.4 is 15.0 Å². The summed E-state index contributed by atoms with van der Waals surface area (Å²) >= 11 is 0. The van der Waals surface area contributed by atoms with Crippen molar-refractivity contribution in [2.45, 2.75) is 13.0 Å². The Hall–Kier alpha value is -3.46. The highest BCUT2D eigenvalue weighted by atomic mass is 16.5. The lowest BCUT2D eigenvalue weighted by molar-refractivity contribution is 0.415. The number of benzene rings is 3. The molecule has 0 aliphatic carbocycles. The van der Waals surface area contributed by atoms with Crippen molar-refractivity contribution in [3.05, 3.63) is 101 Å². The maximum Gasteiger partial charge on any atom is 0.118 e. The van der Waals surface area contributed by atoms with E-state index in [1.165, 1.54) is 28.2 Å². The van der Waals surface area contributed by atoms with Crippen LogP contribution in [0.15, 0.2) is 84.7 Å². The minimum Gasteiger partial charge on any atom is -0.497 e. The van der Waals surface area contributed by atoms with E-state index in [1.807, 2.05) is 12.1 Å². The first kappa shape index (κ1) is 16.7. The number of nitrogens with zero attached hydrogens (tertiary/aromatic N) is 1. The topological polar surface area (TPSA) is 24.5 Å². The fourth-order valence-electron chi connectivity index (χ4n) is 4.13. The highest BCUT2D eigenvalue weighted by Gasteiger charge is 2.36. The van der Waals surface area contributed by atoms with E-state index in [4.69, 9.17) is 4.74 Å². The maximum atomic E-state index is 5.27. The Balaban J connectivity index is 1.61. The Bertz CT molecular complexity index is 1100. The third-order valence-corrected chi connectivity index (χ3v) is 5.56. The summed E-state index contributed by atoms with van der Waals surface area (Å²) in [5.41, 5.74) is 7.45. The molecule has 3 nitrogen and oxygen atoms in total. The van der Waals surface area contributed by atoms with Gasteiger partial charge in [0.2, 0.25) is 0 Å². The lowest BCUT2D eigenvalue weighted by Crippen LogP contribution is -2.30. The molecule has 28 heavy (non-hydrogen) atoms. The number of methoxy groups -OCH3 is 1. The summed E-state index contributed by atoms with van der Waals surface area (Å²) in [6.07, 6.45) is 4.48. The smallest absolute Gasteiger partial charge is 0.118 e. The zero-order valence-corrected chi connectivity index (χ0v) is 16.0. The number of hydrogen-bond acceptors (Lipinski definition) is 3. The molecule has 0 spiro atoms. The van der Waals surface area contributed by atoms with E-state index in [-0.39, 0.29) is 6.04 Å². The molecule has 138 valence electrons. The fourth-order valence-corrected chi connectivity index (χ4v) is 4.13. The molecule has 3 aromatic rings. The summed E-state index contributed by atoms with van der Waals surface area (Å²) in [6, 6.07) is 25.5. The summed E-state index contributed by atoms with van der Waals surface area (Å²) < 4.78 is 5.27. The van der Waals surface area contributed by atoms with Gasteiger partial charge in [0.05, 0.1) is 24.5 Å². The lowest BCUT2D eigenvalue weighted by Gasteiger charge is -2.35. The number of allylic oxidation sites excluding steroid dienone is 1. The first-order valence-corrected chi connectivity index (χ1v) is 9.54. The molecular formula is C25H22N2O. The first-order valence-electron chi connectivity index (χ1n) is 9.54. The van der Waals surface area contributed by atoms with Crippen molar-refractivity contribution in [1.82, 2.24) is 0 Å². The van der Waals surface area contributed by atoms with Gasteiger partial charge >= 0.3 is 0 Å². The molecule has 1 N–H and O–H groups in total. The molecule has 5 rings (SSSR count). The third-order valence-electron chi connectivity index (χ3n) is 5.56. The predicted octanol–water partition coefficient (Wildman–Crippen LogP) is 6.08. The van der Waals surface area contributed by atoms with E-state index in [0.29, 0.717) is 0 Å². The van der Waals surface area contributed by atoms with E-state index >= 15 is 0 Å². The monoisotopic (exact) mass is 366 g/mol. The van der Waals surface area contributed by atoms with Crippen molar-refractivity contribution in [3.63, 3.8) is 0 Å². The van der Waals surface area contributed by atoms with Gasteiger partial charge < -0.3 is 15.0 Å². The van der Waals surface area contributed by atoms with E-state index in [9.17, 15) is 0 Å². The molecule has 0 amide bonds. The van der Waals surface area contributed by atoms with Crippen LogP contribution in [-0.4, -0.2) is 7.11 Å². The van der Waals surface area contributed by atoms with Crippen molar-refractivity contribution in [3.8, 4) is 5.75 Å². The van der Waals surface area contributed by atoms with Crippen LogP contribution in [0.2, 0.25) is 0 Å². The standard InChI is InChI=1S/C25H22N2O/c1-17-20-7-3-4-8-21(20)23(16-13-18-11-14-19(28-2)15-12-18)27-24-10-6-5-9-22(24)26-25(17)27/h3-16,23,26H,1-2H3/b16-13+. The Morgan fingerprint density at radius 3 is 2.50 bits per heavy atom. The summed E-state index contributed by atoms with van der Waals surface area (Å²) in [4.78, 5) is 2.41. The van der Waals surface area contributed by atoms with Crippen LogP contribution in [0, 0.1) is 0 Å². The average Bonchev–Trinajstić information content (AvgIpc) is 3.14. The van der Waals surface area contributed by atoms with Crippen LogP contribution in [0.25, 0.3) is 11.6 Å². The molecular weight excluding hydrogens is 344 g/mol. The number of hydrogen-bond donors (Lipinski definition) is 1. The Labute approximate surface area is 165 Å². The second kappa shape index (κ2) is 6.61. The van der Waals surface area contributed by atoms with Crippen LogP contribution in [0.5, 0.6) is 5.75 Å². The zero-order valence-electron chi connectivity index (χ0n) is 16.0. The minimum atomic E-state index is 0.133. The minimum absolute atomic E-state index is 0.133. The number of rotatable bonds is 3. The predicted molar refractivity (Wildman–Crippen MR) is 116 cm³/mol. The number of para-hydroxylation sites is 2. The van der Waals surface area contributed by atoms with Gasteiger partial charge in [-0.1, -0.05) is 60.7 Å². The van der Waals surface area contributed by atoms with Crippen LogP contribution in [-0.2, 0) is 0 Å². The zero-order chi connectivity index (χ0) is 19.1. The summed E-state index contributed by atoms with van der Waals surface area (Å²) in [5, 5.41) is 3.63. The van der Waals surface area contributed by atoms with Crippen molar-refractivity contribution in [2.75, 3.05) is 17.3 Å². The molecule has 2 aliphatic rings. The van der Waals surface area contributed by atoms with Gasteiger partial charge in [-0.05, 0) is 53.5 Å². The van der Waals surface area contributed by atoms with Crippen molar-refractivity contribution >= 4 is 23.0 Å². The Morgan fingerprint density at radius 2 is 1.68 bits per heavy atom. The number of fused-ring (bicyclic) bond motifs is 4. The number of nitrogens with one attached hydrogen (secondary N) is 1. The largest absolute Gasteiger partial charge is 0.497 e. The van der Waals surface area contributed by atoms with Gasteiger partial charge in [-0.2, -0.15) is 0 Å². The van der Waals surface area contributed by atoms with Crippen LogP contribution >= 0.6 is 0 Å². The molecule has 3 aromatic carbocycles. The van der Waals surface area contributed by atoms with E-state index in [0.717, 1.165) is 17.0 Å². The van der Waals surface area contributed by atoms with Gasteiger partial charge in [0.1, 0.15) is 11.6 Å². The summed E-state index contributed by atoms with van der Waals surface area (Å²) in [5.74, 6) is 2.04. The molecule has 0 fully saturated rings. The van der Waals surface area contributed by atoms with Crippen molar-refractivity contribution < 1.29 is 4.74 Å². The van der Waals surface area contributed by atoms with Crippen LogP contribution in [0.1, 0.15) is 29.7 Å². The van der Waals surface area contributed by atoms with E-state index < -0.39 is 0 Å². The van der Waals surface area contributed by atoms with Crippen molar-refractivity contribution in [2.24, 2.45) is 0 Å². The fraction of sp³-hybridized carbons (Fsp3) is 0.120. The normalized spacial score (nSPS) is 17.2.